The van der Waals surface area contributed by atoms with Crippen molar-refractivity contribution in [3.8, 4) is 0 Å². The van der Waals surface area contributed by atoms with Gasteiger partial charge in [0.1, 0.15) is 0 Å². The summed E-state index contributed by atoms with van der Waals surface area (Å²) in [5.74, 6) is -0.126. The fourth-order valence-electron chi connectivity index (χ4n) is 3.18. The number of amides is 1. The summed E-state index contributed by atoms with van der Waals surface area (Å²) in [7, 11) is 0. The van der Waals surface area contributed by atoms with E-state index in [1.54, 1.807) is 18.3 Å². The number of nitrogens with one attached hydrogen (secondary N) is 2. The summed E-state index contributed by atoms with van der Waals surface area (Å²) in [5.41, 5.74) is 4.39. The molecule has 0 unspecified atom stereocenters. The lowest BCUT2D eigenvalue weighted by atomic mass is 10.1. The number of halogens is 1. The zero-order valence-corrected chi connectivity index (χ0v) is 15.1. The summed E-state index contributed by atoms with van der Waals surface area (Å²) in [6.45, 7) is 4.49. The number of rotatable bonds is 4. The van der Waals surface area contributed by atoms with Gasteiger partial charge in [-0.3, -0.25) is 9.69 Å². The molecule has 6 heteroatoms. The van der Waals surface area contributed by atoms with E-state index in [-0.39, 0.29) is 5.91 Å². The van der Waals surface area contributed by atoms with Crippen LogP contribution in [0.15, 0.2) is 48.7 Å². The van der Waals surface area contributed by atoms with Gasteiger partial charge in [-0.05, 0) is 35.9 Å². The van der Waals surface area contributed by atoms with Crippen molar-refractivity contribution in [2.45, 2.75) is 6.54 Å². The molecule has 2 aromatic carbocycles. The maximum atomic E-state index is 12.2. The number of carbonyl (C=O) groups excluding carboxylic acids is 1. The molecule has 1 amide bonds. The lowest BCUT2D eigenvalue weighted by Crippen LogP contribution is -2.35. The van der Waals surface area contributed by atoms with E-state index < -0.39 is 0 Å². The van der Waals surface area contributed by atoms with Crippen molar-refractivity contribution in [2.24, 2.45) is 0 Å². The Morgan fingerprint density at radius 3 is 2.69 bits per heavy atom. The molecule has 0 aromatic heterocycles. The number of fused-ring (bicyclic) bond motifs is 1. The molecule has 0 bridgehead atoms. The van der Waals surface area contributed by atoms with Gasteiger partial charge in [0.2, 0.25) is 0 Å². The molecular weight excluding hydrogens is 350 g/mol. The van der Waals surface area contributed by atoms with Crippen LogP contribution in [0.2, 0.25) is 5.02 Å². The van der Waals surface area contributed by atoms with Crippen LogP contribution in [-0.4, -0.2) is 37.1 Å². The second-order valence-electron chi connectivity index (χ2n) is 6.43. The van der Waals surface area contributed by atoms with Gasteiger partial charge in [-0.2, -0.15) is 0 Å². The van der Waals surface area contributed by atoms with Gasteiger partial charge in [0.25, 0.3) is 5.91 Å². The zero-order valence-electron chi connectivity index (χ0n) is 14.3. The molecule has 0 spiro atoms. The molecular formula is C20H20ClN3O2. The summed E-state index contributed by atoms with van der Waals surface area (Å²) in [6, 6.07) is 13.7. The van der Waals surface area contributed by atoms with E-state index in [1.165, 1.54) is 5.56 Å². The molecule has 2 aliphatic heterocycles. The van der Waals surface area contributed by atoms with Crippen LogP contribution < -0.4 is 10.6 Å². The highest BCUT2D eigenvalue weighted by molar-refractivity contribution is 6.34. The summed E-state index contributed by atoms with van der Waals surface area (Å²) < 4.78 is 5.38. The number of carbonyl (C=O) groups is 1. The van der Waals surface area contributed by atoms with Gasteiger partial charge >= 0.3 is 0 Å². The smallest absolute Gasteiger partial charge is 0.257 e. The average Bonchev–Trinajstić information content (AvgIpc) is 2.96. The monoisotopic (exact) mass is 369 g/mol. The van der Waals surface area contributed by atoms with Crippen molar-refractivity contribution in [3.63, 3.8) is 0 Å². The highest BCUT2D eigenvalue weighted by Gasteiger charge is 2.24. The minimum absolute atomic E-state index is 0.126. The molecule has 0 saturated carbocycles. The van der Waals surface area contributed by atoms with Crippen LogP contribution in [0.3, 0.4) is 0 Å². The number of hydrogen-bond acceptors (Lipinski definition) is 4. The standard InChI is InChI=1S/C20H20ClN3O2/c21-15-3-6-19-17(11-15)18(20(25)23-19)12-22-16-4-1-14(2-5-16)13-24-7-9-26-10-8-24/h1-6,11-12,22H,7-10,13H2,(H,23,25). The molecule has 26 heavy (non-hydrogen) atoms. The Bertz CT molecular complexity index is 843. The van der Waals surface area contributed by atoms with Crippen LogP contribution in [0.25, 0.3) is 5.57 Å². The molecule has 5 nitrogen and oxygen atoms in total. The van der Waals surface area contributed by atoms with Crippen LogP contribution in [0.1, 0.15) is 11.1 Å². The van der Waals surface area contributed by atoms with Crippen LogP contribution in [-0.2, 0) is 16.1 Å². The molecule has 2 N–H and O–H groups in total. The highest BCUT2D eigenvalue weighted by atomic mass is 35.5. The zero-order chi connectivity index (χ0) is 17.9. The summed E-state index contributed by atoms with van der Waals surface area (Å²) in [4.78, 5) is 14.5. The maximum absolute atomic E-state index is 12.2. The van der Waals surface area contributed by atoms with Crippen LogP contribution in [0.4, 0.5) is 11.4 Å². The molecule has 1 saturated heterocycles. The molecule has 0 atom stereocenters. The fourth-order valence-corrected chi connectivity index (χ4v) is 3.36. The number of hydrogen-bond donors (Lipinski definition) is 2. The van der Waals surface area contributed by atoms with Gasteiger partial charge in [-0.1, -0.05) is 23.7 Å². The Balaban J connectivity index is 1.44. The largest absolute Gasteiger partial charge is 0.379 e. The second kappa shape index (κ2) is 7.50. The molecule has 1 fully saturated rings. The van der Waals surface area contributed by atoms with E-state index in [2.05, 4.69) is 27.7 Å². The third-order valence-electron chi connectivity index (χ3n) is 4.61. The van der Waals surface area contributed by atoms with Gasteiger partial charge in [-0.15, -0.1) is 0 Å². The van der Waals surface area contributed by atoms with Gasteiger partial charge in [0, 0.05) is 47.8 Å². The average molecular weight is 370 g/mol. The first kappa shape index (κ1) is 17.1. The van der Waals surface area contributed by atoms with Gasteiger partial charge in [0.15, 0.2) is 0 Å². The Morgan fingerprint density at radius 1 is 1.15 bits per heavy atom. The van der Waals surface area contributed by atoms with Crippen LogP contribution in [0.5, 0.6) is 0 Å². The first-order chi connectivity index (χ1) is 12.7. The normalized spacial score (nSPS) is 18.7. The molecule has 2 heterocycles. The molecule has 4 rings (SSSR count). The van der Waals surface area contributed by atoms with Crippen LogP contribution >= 0.6 is 11.6 Å². The highest BCUT2D eigenvalue weighted by Crippen LogP contribution is 2.33. The van der Waals surface area contributed by atoms with E-state index in [9.17, 15) is 4.79 Å². The van der Waals surface area contributed by atoms with E-state index in [0.29, 0.717) is 10.6 Å². The first-order valence-corrected chi connectivity index (χ1v) is 9.04. The minimum atomic E-state index is -0.126. The number of benzene rings is 2. The molecule has 2 aromatic rings. The van der Waals surface area contributed by atoms with Gasteiger partial charge in [0.05, 0.1) is 18.8 Å². The Labute approximate surface area is 157 Å². The van der Waals surface area contributed by atoms with E-state index in [4.69, 9.17) is 16.3 Å². The minimum Gasteiger partial charge on any atom is -0.379 e. The number of nitrogens with zero attached hydrogens (tertiary/aromatic N) is 1. The topological polar surface area (TPSA) is 53.6 Å². The van der Waals surface area contributed by atoms with Crippen molar-refractivity contribution in [2.75, 3.05) is 36.9 Å². The van der Waals surface area contributed by atoms with Crippen molar-refractivity contribution >= 4 is 34.5 Å². The predicted molar refractivity (Wildman–Crippen MR) is 104 cm³/mol. The van der Waals surface area contributed by atoms with E-state index in [0.717, 1.165) is 49.8 Å². The fraction of sp³-hybridized carbons (Fsp3) is 0.250. The summed E-state index contributed by atoms with van der Waals surface area (Å²) >= 11 is 6.05. The lowest BCUT2D eigenvalue weighted by molar-refractivity contribution is -0.110. The molecule has 134 valence electrons. The molecule has 2 aliphatic rings. The van der Waals surface area contributed by atoms with Crippen molar-refractivity contribution < 1.29 is 9.53 Å². The van der Waals surface area contributed by atoms with E-state index in [1.807, 2.05) is 18.2 Å². The molecule has 0 aliphatic carbocycles. The summed E-state index contributed by atoms with van der Waals surface area (Å²) in [5, 5.41) is 6.66. The Hall–Kier alpha value is -2.34. The number of morpholine rings is 1. The lowest BCUT2D eigenvalue weighted by Gasteiger charge is -2.26. The van der Waals surface area contributed by atoms with Crippen molar-refractivity contribution in [1.29, 1.82) is 0 Å². The van der Waals surface area contributed by atoms with Crippen LogP contribution in [0, 0.1) is 0 Å². The second-order valence-corrected chi connectivity index (χ2v) is 6.87. The van der Waals surface area contributed by atoms with E-state index >= 15 is 0 Å². The Kier molecular flexibility index (Phi) is 4.93. The first-order valence-electron chi connectivity index (χ1n) is 8.66. The van der Waals surface area contributed by atoms with Crippen molar-refractivity contribution in [3.05, 3.63) is 64.8 Å². The quantitative estimate of drug-likeness (QED) is 0.809. The van der Waals surface area contributed by atoms with Crippen molar-refractivity contribution in [1.82, 2.24) is 4.90 Å². The number of ether oxygens (including phenoxy) is 1. The van der Waals surface area contributed by atoms with Gasteiger partial charge < -0.3 is 15.4 Å². The number of anilines is 2. The van der Waals surface area contributed by atoms with Gasteiger partial charge in [-0.25, -0.2) is 0 Å². The Morgan fingerprint density at radius 2 is 1.92 bits per heavy atom. The third kappa shape index (κ3) is 3.75. The predicted octanol–water partition coefficient (Wildman–Crippen LogP) is 3.58. The third-order valence-corrected chi connectivity index (χ3v) is 4.85. The SMILES string of the molecule is O=C1Nc2ccc(Cl)cc2C1=CNc1ccc(CN2CCOCC2)cc1. The maximum Gasteiger partial charge on any atom is 0.257 e. The summed E-state index contributed by atoms with van der Waals surface area (Å²) in [6.07, 6.45) is 1.73. The molecule has 0 radical (unpaired) electrons.